The Kier molecular flexibility index (Phi) is 4.55. The Hall–Kier alpha value is -2.44. The number of benzene rings is 2. The summed E-state index contributed by atoms with van der Waals surface area (Å²) in [6.45, 7) is 1.31. The van der Waals surface area contributed by atoms with Crippen molar-refractivity contribution in [1.82, 2.24) is 15.6 Å². The van der Waals surface area contributed by atoms with Gasteiger partial charge in [0, 0.05) is 24.2 Å². The van der Waals surface area contributed by atoms with E-state index in [4.69, 9.17) is 0 Å². The standard InChI is InChI=1S/C17H17N3O2S/c1-18-7-8-19-16(22)11-3-2-4-12(9-11)17-20-14-6-5-13(21)10-15(14)23-17/h2-6,9-10,18,21H,7-8H2,1H3,(H,19,22). The third-order valence-corrected chi connectivity index (χ3v) is 4.47. The highest BCUT2D eigenvalue weighted by atomic mass is 32.1. The van der Waals surface area contributed by atoms with Crippen molar-refractivity contribution in [1.29, 1.82) is 0 Å². The van der Waals surface area contributed by atoms with Gasteiger partial charge >= 0.3 is 0 Å². The minimum absolute atomic E-state index is 0.0964. The maximum atomic E-state index is 12.1. The van der Waals surface area contributed by atoms with Crippen LogP contribution in [0.25, 0.3) is 20.8 Å². The Morgan fingerprint density at radius 2 is 2.09 bits per heavy atom. The highest BCUT2D eigenvalue weighted by Crippen LogP contribution is 2.32. The molecule has 1 heterocycles. The van der Waals surface area contributed by atoms with E-state index < -0.39 is 0 Å². The minimum Gasteiger partial charge on any atom is -0.508 e. The highest BCUT2D eigenvalue weighted by molar-refractivity contribution is 7.21. The normalized spacial score (nSPS) is 10.8. The van der Waals surface area contributed by atoms with E-state index in [9.17, 15) is 9.90 Å². The molecule has 3 N–H and O–H groups in total. The largest absolute Gasteiger partial charge is 0.508 e. The zero-order chi connectivity index (χ0) is 16.2. The summed E-state index contributed by atoms with van der Waals surface area (Å²) in [7, 11) is 1.84. The lowest BCUT2D eigenvalue weighted by molar-refractivity contribution is 0.0954. The van der Waals surface area contributed by atoms with E-state index in [0.29, 0.717) is 12.1 Å². The van der Waals surface area contributed by atoms with Crippen LogP contribution in [0.3, 0.4) is 0 Å². The Morgan fingerprint density at radius 3 is 2.91 bits per heavy atom. The van der Waals surface area contributed by atoms with Crippen LogP contribution in [0.2, 0.25) is 0 Å². The molecule has 0 atom stereocenters. The zero-order valence-corrected chi connectivity index (χ0v) is 13.5. The van der Waals surface area contributed by atoms with Gasteiger partial charge in [-0.25, -0.2) is 4.98 Å². The molecule has 118 valence electrons. The smallest absolute Gasteiger partial charge is 0.251 e. The molecule has 0 aliphatic carbocycles. The topological polar surface area (TPSA) is 74.2 Å². The Balaban J connectivity index is 1.87. The molecule has 0 fully saturated rings. The fraction of sp³-hybridized carbons (Fsp3) is 0.176. The predicted octanol–water partition coefficient (Wildman–Crippen LogP) is 2.62. The van der Waals surface area contributed by atoms with E-state index in [1.165, 1.54) is 11.3 Å². The third-order valence-electron chi connectivity index (χ3n) is 3.40. The molecule has 1 aromatic heterocycles. The summed E-state index contributed by atoms with van der Waals surface area (Å²) in [5.74, 6) is 0.131. The molecular formula is C17H17N3O2S. The zero-order valence-electron chi connectivity index (χ0n) is 12.7. The molecule has 0 saturated heterocycles. The van der Waals surface area contributed by atoms with E-state index in [0.717, 1.165) is 27.3 Å². The third kappa shape index (κ3) is 3.49. The highest BCUT2D eigenvalue weighted by Gasteiger charge is 2.10. The second kappa shape index (κ2) is 6.76. The van der Waals surface area contributed by atoms with Crippen molar-refractivity contribution in [2.75, 3.05) is 20.1 Å². The van der Waals surface area contributed by atoms with Gasteiger partial charge in [0.05, 0.1) is 10.2 Å². The molecule has 0 spiro atoms. The summed E-state index contributed by atoms with van der Waals surface area (Å²) < 4.78 is 0.920. The quantitative estimate of drug-likeness (QED) is 0.630. The molecule has 0 unspecified atom stereocenters. The first-order valence-corrected chi connectivity index (χ1v) is 8.12. The van der Waals surface area contributed by atoms with E-state index in [2.05, 4.69) is 15.6 Å². The van der Waals surface area contributed by atoms with Crippen LogP contribution < -0.4 is 10.6 Å². The van der Waals surface area contributed by atoms with Gasteiger partial charge in [0.1, 0.15) is 10.8 Å². The second-order valence-electron chi connectivity index (χ2n) is 5.11. The van der Waals surface area contributed by atoms with Crippen molar-refractivity contribution in [2.24, 2.45) is 0 Å². The molecule has 3 rings (SSSR count). The number of carbonyl (C=O) groups excluding carboxylic acids is 1. The SMILES string of the molecule is CNCCNC(=O)c1cccc(-c2nc3ccc(O)cc3s2)c1. The Morgan fingerprint density at radius 1 is 1.22 bits per heavy atom. The molecule has 6 heteroatoms. The number of nitrogens with zero attached hydrogens (tertiary/aromatic N) is 1. The minimum atomic E-state index is -0.0964. The number of thiazole rings is 1. The van der Waals surface area contributed by atoms with E-state index >= 15 is 0 Å². The van der Waals surface area contributed by atoms with Crippen molar-refractivity contribution in [3.8, 4) is 16.3 Å². The van der Waals surface area contributed by atoms with Gasteiger partial charge in [-0.15, -0.1) is 11.3 Å². The first-order valence-electron chi connectivity index (χ1n) is 7.30. The Labute approximate surface area is 138 Å². The van der Waals surface area contributed by atoms with Crippen molar-refractivity contribution in [3.63, 3.8) is 0 Å². The molecule has 0 bridgehead atoms. The van der Waals surface area contributed by atoms with Gasteiger partial charge in [-0.2, -0.15) is 0 Å². The fourth-order valence-corrected chi connectivity index (χ4v) is 3.23. The number of nitrogens with one attached hydrogen (secondary N) is 2. The van der Waals surface area contributed by atoms with Gasteiger partial charge in [-0.05, 0) is 37.4 Å². The monoisotopic (exact) mass is 327 g/mol. The Bertz CT molecular complexity index is 845. The van der Waals surface area contributed by atoms with Crippen molar-refractivity contribution >= 4 is 27.5 Å². The second-order valence-corrected chi connectivity index (χ2v) is 6.14. The molecule has 5 nitrogen and oxygen atoms in total. The summed E-state index contributed by atoms with van der Waals surface area (Å²) in [6.07, 6.45) is 0. The maximum Gasteiger partial charge on any atom is 0.251 e. The maximum absolute atomic E-state index is 12.1. The number of rotatable bonds is 5. The van der Waals surface area contributed by atoms with Crippen LogP contribution in [0.15, 0.2) is 42.5 Å². The number of phenols is 1. The molecule has 0 radical (unpaired) electrons. The van der Waals surface area contributed by atoms with Crippen LogP contribution in [0, 0.1) is 0 Å². The molecule has 23 heavy (non-hydrogen) atoms. The number of fused-ring (bicyclic) bond motifs is 1. The number of hydrogen-bond donors (Lipinski definition) is 3. The summed E-state index contributed by atoms with van der Waals surface area (Å²) in [5, 5.41) is 16.2. The summed E-state index contributed by atoms with van der Waals surface area (Å²) in [5.41, 5.74) is 2.35. The lowest BCUT2D eigenvalue weighted by atomic mass is 10.1. The van der Waals surface area contributed by atoms with Crippen LogP contribution >= 0.6 is 11.3 Å². The van der Waals surface area contributed by atoms with Crippen molar-refractivity contribution in [2.45, 2.75) is 0 Å². The van der Waals surface area contributed by atoms with Crippen molar-refractivity contribution in [3.05, 3.63) is 48.0 Å². The van der Waals surface area contributed by atoms with Gasteiger partial charge in [-0.1, -0.05) is 12.1 Å². The number of likely N-dealkylation sites (N-methyl/N-ethyl adjacent to an activating group) is 1. The molecule has 0 aliphatic heterocycles. The summed E-state index contributed by atoms with van der Waals surface area (Å²) in [6, 6.07) is 12.5. The summed E-state index contributed by atoms with van der Waals surface area (Å²) in [4.78, 5) is 16.7. The van der Waals surface area contributed by atoms with Crippen LogP contribution in [-0.4, -0.2) is 36.1 Å². The van der Waals surface area contributed by atoms with Crippen LogP contribution in [0.4, 0.5) is 0 Å². The van der Waals surface area contributed by atoms with Crippen LogP contribution in [-0.2, 0) is 0 Å². The molecule has 2 aromatic carbocycles. The van der Waals surface area contributed by atoms with E-state index in [1.807, 2.05) is 25.2 Å². The number of amides is 1. The van der Waals surface area contributed by atoms with E-state index in [-0.39, 0.29) is 11.7 Å². The average Bonchev–Trinajstić information content (AvgIpc) is 2.98. The van der Waals surface area contributed by atoms with Gasteiger partial charge in [0.15, 0.2) is 0 Å². The van der Waals surface area contributed by atoms with Crippen molar-refractivity contribution < 1.29 is 9.90 Å². The average molecular weight is 327 g/mol. The molecule has 3 aromatic rings. The lowest BCUT2D eigenvalue weighted by Crippen LogP contribution is -2.30. The molecule has 1 amide bonds. The van der Waals surface area contributed by atoms with Crippen LogP contribution in [0.1, 0.15) is 10.4 Å². The number of hydrogen-bond acceptors (Lipinski definition) is 5. The van der Waals surface area contributed by atoms with Gasteiger partial charge < -0.3 is 15.7 Å². The summed E-state index contributed by atoms with van der Waals surface area (Å²) >= 11 is 1.49. The number of aromatic nitrogens is 1. The molecule has 0 aliphatic rings. The number of aromatic hydroxyl groups is 1. The number of phenolic OH excluding ortho intramolecular Hbond substituents is 1. The van der Waals surface area contributed by atoms with Gasteiger partial charge in [0.2, 0.25) is 0 Å². The first kappa shape index (κ1) is 15.5. The van der Waals surface area contributed by atoms with Crippen LogP contribution in [0.5, 0.6) is 5.75 Å². The van der Waals surface area contributed by atoms with E-state index in [1.54, 1.807) is 24.3 Å². The first-order chi connectivity index (χ1) is 11.2. The number of carbonyl (C=O) groups is 1. The fourth-order valence-electron chi connectivity index (χ4n) is 2.23. The van der Waals surface area contributed by atoms with Gasteiger partial charge in [0.25, 0.3) is 5.91 Å². The lowest BCUT2D eigenvalue weighted by Gasteiger charge is -2.05. The molecular weight excluding hydrogens is 310 g/mol. The predicted molar refractivity (Wildman–Crippen MR) is 93.0 cm³/mol. The molecule has 0 saturated carbocycles. The van der Waals surface area contributed by atoms with Gasteiger partial charge in [-0.3, -0.25) is 4.79 Å².